The number of amides is 1. The van der Waals surface area contributed by atoms with Crippen molar-refractivity contribution in [1.82, 2.24) is 10.3 Å². The molecule has 0 aliphatic rings. The van der Waals surface area contributed by atoms with E-state index in [4.69, 9.17) is 15.2 Å². The van der Waals surface area contributed by atoms with Gasteiger partial charge in [-0.15, -0.1) is 23.7 Å². The fourth-order valence-electron chi connectivity index (χ4n) is 2.47. The summed E-state index contributed by atoms with van der Waals surface area (Å²) in [6, 6.07) is 5.54. The molecule has 0 spiro atoms. The van der Waals surface area contributed by atoms with E-state index in [1.54, 1.807) is 12.5 Å². The summed E-state index contributed by atoms with van der Waals surface area (Å²) in [7, 11) is 1.62. The molecular formula is C19H28ClN3O3S. The summed E-state index contributed by atoms with van der Waals surface area (Å²) in [5, 5.41) is 5.41. The smallest absolute Gasteiger partial charge is 0.271 e. The number of nitrogens with zero attached hydrogens (tertiary/aromatic N) is 1. The molecule has 2 aromatic rings. The molecule has 0 bridgehead atoms. The molecule has 6 nitrogen and oxygen atoms in total. The molecule has 0 aliphatic heterocycles. The summed E-state index contributed by atoms with van der Waals surface area (Å²) in [6.07, 6.45) is 3.32. The van der Waals surface area contributed by atoms with Crippen molar-refractivity contribution in [2.75, 3.05) is 13.7 Å². The second-order valence-electron chi connectivity index (χ2n) is 5.99. The van der Waals surface area contributed by atoms with Gasteiger partial charge < -0.3 is 20.5 Å². The van der Waals surface area contributed by atoms with Gasteiger partial charge in [-0.3, -0.25) is 4.79 Å². The summed E-state index contributed by atoms with van der Waals surface area (Å²) in [4.78, 5) is 16.5. The number of carbonyl (C=O) groups excluding carboxylic acids is 1. The quantitative estimate of drug-likeness (QED) is 0.573. The highest BCUT2D eigenvalue weighted by molar-refractivity contribution is 7.09. The van der Waals surface area contributed by atoms with Gasteiger partial charge in [-0.05, 0) is 31.0 Å². The van der Waals surface area contributed by atoms with Crippen LogP contribution in [0.3, 0.4) is 0 Å². The molecule has 2 rings (SSSR count). The average molecular weight is 414 g/mol. The second kappa shape index (κ2) is 11.8. The molecule has 0 radical (unpaired) electrons. The number of thiazole rings is 1. The molecule has 1 aromatic carbocycles. The number of carbonyl (C=O) groups is 1. The van der Waals surface area contributed by atoms with Crippen molar-refractivity contribution in [3.8, 4) is 11.5 Å². The van der Waals surface area contributed by atoms with Crippen LogP contribution in [0, 0.1) is 0 Å². The van der Waals surface area contributed by atoms with Crippen LogP contribution in [0.1, 0.15) is 60.2 Å². The average Bonchev–Trinajstić information content (AvgIpc) is 3.14. The number of halogens is 1. The number of ether oxygens (including phenoxy) is 2. The summed E-state index contributed by atoms with van der Waals surface area (Å²) < 4.78 is 11.2. The lowest BCUT2D eigenvalue weighted by Crippen LogP contribution is -2.27. The van der Waals surface area contributed by atoms with Crippen LogP contribution in [0.5, 0.6) is 11.5 Å². The molecule has 1 atom stereocenters. The van der Waals surface area contributed by atoms with Crippen LogP contribution < -0.4 is 20.5 Å². The molecule has 150 valence electrons. The van der Waals surface area contributed by atoms with Gasteiger partial charge in [0.1, 0.15) is 10.7 Å². The van der Waals surface area contributed by atoms with E-state index in [1.165, 1.54) is 11.3 Å². The van der Waals surface area contributed by atoms with E-state index in [2.05, 4.69) is 17.2 Å². The van der Waals surface area contributed by atoms with Crippen molar-refractivity contribution in [2.24, 2.45) is 5.73 Å². The Kier molecular flexibility index (Phi) is 10.1. The minimum atomic E-state index is -0.215. The van der Waals surface area contributed by atoms with Gasteiger partial charge in [-0.1, -0.05) is 25.8 Å². The van der Waals surface area contributed by atoms with E-state index in [-0.39, 0.29) is 24.4 Å². The summed E-state index contributed by atoms with van der Waals surface area (Å²) in [5.74, 6) is 1.17. The number of rotatable bonds is 10. The molecule has 8 heteroatoms. The first kappa shape index (κ1) is 23.2. The van der Waals surface area contributed by atoms with E-state index < -0.39 is 0 Å². The first-order valence-electron chi connectivity index (χ1n) is 8.85. The summed E-state index contributed by atoms with van der Waals surface area (Å²) >= 11 is 1.39. The Morgan fingerprint density at radius 2 is 2.11 bits per heavy atom. The van der Waals surface area contributed by atoms with Gasteiger partial charge >= 0.3 is 0 Å². The first-order valence-corrected chi connectivity index (χ1v) is 9.73. The topological polar surface area (TPSA) is 86.5 Å². The van der Waals surface area contributed by atoms with Crippen LogP contribution in [0.15, 0.2) is 23.6 Å². The van der Waals surface area contributed by atoms with E-state index in [9.17, 15) is 4.79 Å². The Morgan fingerprint density at radius 3 is 2.74 bits per heavy atom. The standard InChI is InChI=1S/C19H27N3O3S.ClH/c1-4-5-6-9-25-16-8-7-14(10-17(16)24-3)13(2)21-19(23)15-12-26-18(11-20)22-15;/h7-8,10,12-13H,4-6,9,11,20H2,1-3H3,(H,21,23);1H. The summed E-state index contributed by atoms with van der Waals surface area (Å²) in [6.45, 7) is 5.09. The van der Waals surface area contributed by atoms with E-state index >= 15 is 0 Å². The fraction of sp³-hybridized carbons (Fsp3) is 0.474. The van der Waals surface area contributed by atoms with Gasteiger partial charge in [-0.25, -0.2) is 4.98 Å². The molecule has 1 heterocycles. The Bertz CT molecular complexity index is 724. The largest absolute Gasteiger partial charge is 0.493 e. The van der Waals surface area contributed by atoms with Crippen molar-refractivity contribution < 1.29 is 14.3 Å². The van der Waals surface area contributed by atoms with Gasteiger partial charge in [0.15, 0.2) is 11.5 Å². The van der Waals surface area contributed by atoms with Crippen LogP contribution in [0.25, 0.3) is 0 Å². The van der Waals surface area contributed by atoms with Crippen LogP contribution in [0.4, 0.5) is 0 Å². The molecule has 27 heavy (non-hydrogen) atoms. The molecule has 1 unspecified atom stereocenters. The Morgan fingerprint density at radius 1 is 1.33 bits per heavy atom. The highest BCUT2D eigenvalue weighted by atomic mass is 35.5. The minimum Gasteiger partial charge on any atom is -0.493 e. The van der Waals surface area contributed by atoms with Gasteiger partial charge in [-0.2, -0.15) is 0 Å². The number of hydrogen-bond acceptors (Lipinski definition) is 6. The number of unbranched alkanes of at least 4 members (excludes halogenated alkanes) is 2. The predicted octanol–water partition coefficient (Wildman–Crippen LogP) is 4.09. The van der Waals surface area contributed by atoms with E-state index in [0.29, 0.717) is 24.6 Å². The number of nitrogens with two attached hydrogens (primary N) is 1. The van der Waals surface area contributed by atoms with E-state index in [0.717, 1.165) is 35.6 Å². The van der Waals surface area contributed by atoms with Gasteiger partial charge in [0.05, 0.1) is 19.8 Å². The van der Waals surface area contributed by atoms with Gasteiger partial charge in [0.2, 0.25) is 0 Å². The molecule has 0 saturated heterocycles. The monoisotopic (exact) mass is 413 g/mol. The highest BCUT2D eigenvalue weighted by Gasteiger charge is 2.16. The zero-order valence-electron chi connectivity index (χ0n) is 16.0. The summed E-state index contributed by atoms with van der Waals surface area (Å²) in [5.41, 5.74) is 6.87. The van der Waals surface area contributed by atoms with Crippen LogP contribution in [0.2, 0.25) is 0 Å². The predicted molar refractivity (Wildman–Crippen MR) is 111 cm³/mol. The molecule has 3 N–H and O–H groups in total. The number of benzene rings is 1. The van der Waals surface area contributed by atoms with Crippen molar-refractivity contribution in [3.05, 3.63) is 39.8 Å². The van der Waals surface area contributed by atoms with Crippen molar-refractivity contribution in [3.63, 3.8) is 0 Å². The second-order valence-corrected chi connectivity index (χ2v) is 6.93. The lowest BCUT2D eigenvalue weighted by atomic mass is 10.1. The molecule has 0 aliphatic carbocycles. The minimum absolute atomic E-state index is 0. The Labute approximate surface area is 170 Å². The number of nitrogens with one attached hydrogen (secondary N) is 1. The molecule has 1 aromatic heterocycles. The van der Waals surface area contributed by atoms with Crippen LogP contribution in [-0.2, 0) is 6.54 Å². The number of hydrogen-bond donors (Lipinski definition) is 2. The highest BCUT2D eigenvalue weighted by Crippen LogP contribution is 2.30. The molecular weight excluding hydrogens is 386 g/mol. The third-order valence-corrected chi connectivity index (χ3v) is 4.87. The lowest BCUT2D eigenvalue weighted by molar-refractivity contribution is 0.0935. The lowest BCUT2D eigenvalue weighted by Gasteiger charge is -2.17. The maximum atomic E-state index is 12.3. The van der Waals surface area contributed by atoms with Gasteiger partial charge in [0, 0.05) is 11.9 Å². The van der Waals surface area contributed by atoms with Crippen LogP contribution in [-0.4, -0.2) is 24.6 Å². The molecule has 1 amide bonds. The molecule has 0 fully saturated rings. The number of aromatic nitrogens is 1. The first-order chi connectivity index (χ1) is 12.6. The van der Waals surface area contributed by atoms with Crippen molar-refractivity contribution in [1.29, 1.82) is 0 Å². The van der Waals surface area contributed by atoms with Crippen molar-refractivity contribution in [2.45, 2.75) is 45.7 Å². The Balaban J connectivity index is 0.00000364. The van der Waals surface area contributed by atoms with Gasteiger partial charge in [0.25, 0.3) is 5.91 Å². The SMILES string of the molecule is CCCCCOc1ccc(C(C)NC(=O)c2csc(CN)n2)cc1OC.Cl. The normalized spacial score (nSPS) is 11.4. The third-order valence-electron chi connectivity index (χ3n) is 4.00. The fourth-order valence-corrected chi connectivity index (χ4v) is 3.12. The van der Waals surface area contributed by atoms with E-state index in [1.807, 2.05) is 25.1 Å². The Hall–Kier alpha value is -1.83. The maximum Gasteiger partial charge on any atom is 0.271 e. The molecule has 0 saturated carbocycles. The zero-order chi connectivity index (χ0) is 18.9. The van der Waals surface area contributed by atoms with Crippen LogP contribution >= 0.6 is 23.7 Å². The third kappa shape index (κ3) is 6.68. The van der Waals surface area contributed by atoms with Crippen molar-refractivity contribution >= 4 is 29.7 Å². The number of methoxy groups -OCH3 is 1. The maximum absolute atomic E-state index is 12.3. The zero-order valence-corrected chi connectivity index (χ0v) is 17.6.